The first-order valence-corrected chi connectivity index (χ1v) is 8.17. The number of carbonyl (C=O) groups excluding carboxylic acids is 1. The first-order chi connectivity index (χ1) is 10.7. The van der Waals surface area contributed by atoms with Crippen molar-refractivity contribution in [2.45, 2.75) is 13.5 Å². The van der Waals surface area contributed by atoms with E-state index in [1.165, 1.54) is 11.5 Å². The van der Waals surface area contributed by atoms with Crippen molar-refractivity contribution in [2.75, 3.05) is 31.6 Å². The minimum absolute atomic E-state index is 0.0833. The highest BCUT2D eigenvalue weighted by Gasteiger charge is 2.18. The molecule has 1 aromatic heterocycles. The standard InChI is InChI=1S/C16H19N3O2S/c1-12-8-14(16(20)19-4-6-21-7-5-19)2-3-15(12)17-9-13-10-18-22-11-13/h2-3,8,10-11,17H,4-7,9H2,1H3. The van der Waals surface area contributed by atoms with E-state index in [-0.39, 0.29) is 5.91 Å². The number of hydrogen-bond donors (Lipinski definition) is 1. The van der Waals surface area contributed by atoms with Gasteiger partial charge in [0, 0.05) is 48.0 Å². The third-order valence-corrected chi connectivity index (χ3v) is 4.37. The van der Waals surface area contributed by atoms with Crippen LogP contribution in [0, 0.1) is 6.92 Å². The number of nitrogens with zero attached hydrogens (tertiary/aromatic N) is 2. The predicted molar refractivity (Wildman–Crippen MR) is 87.3 cm³/mol. The van der Waals surface area contributed by atoms with E-state index < -0.39 is 0 Å². The summed E-state index contributed by atoms with van der Waals surface area (Å²) in [7, 11) is 0. The second-order valence-electron chi connectivity index (χ2n) is 5.32. The molecule has 22 heavy (non-hydrogen) atoms. The maximum atomic E-state index is 12.5. The monoisotopic (exact) mass is 317 g/mol. The fourth-order valence-electron chi connectivity index (χ4n) is 2.46. The lowest BCUT2D eigenvalue weighted by Crippen LogP contribution is -2.40. The molecular formula is C16H19N3O2S. The van der Waals surface area contributed by atoms with Crippen LogP contribution in [-0.2, 0) is 11.3 Å². The molecule has 0 aliphatic carbocycles. The van der Waals surface area contributed by atoms with Crippen LogP contribution in [0.2, 0.25) is 0 Å². The summed E-state index contributed by atoms with van der Waals surface area (Å²) < 4.78 is 9.37. The van der Waals surface area contributed by atoms with Gasteiger partial charge in [0.05, 0.1) is 13.2 Å². The molecule has 0 spiro atoms. The van der Waals surface area contributed by atoms with Crippen LogP contribution < -0.4 is 5.32 Å². The van der Waals surface area contributed by atoms with Crippen LogP contribution in [0.1, 0.15) is 21.5 Å². The lowest BCUT2D eigenvalue weighted by atomic mass is 10.1. The number of rotatable bonds is 4. The van der Waals surface area contributed by atoms with E-state index in [4.69, 9.17) is 4.74 Å². The van der Waals surface area contributed by atoms with Crippen molar-refractivity contribution in [1.29, 1.82) is 0 Å². The molecule has 1 amide bonds. The second kappa shape index (κ2) is 6.89. The fraction of sp³-hybridized carbons (Fsp3) is 0.375. The zero-order valence-corrected chi connectivity index (χ0v) is 13.4. The lowest BCUT2D eigenvalue weighted by molar-refractivity contribution is 0.0303. The van der Waals surface area contributed by atoms with Gasteiger partial charge < -0.3 is 15.0 Å². The SMILES string of the molecule is Cc1cc(C(=O)N2CCOCC2)ccc1NCc1cnsc1. The molecule has 3 rings (SSSR count). The van der Waals surface area contributed by atoms with Gasteiger partial charge in [0.15, 0.2) is 0 Å². The maximum absolute atomic E-state index is 12.5. The van der Waals surface area contributed by atoms with Crippen LogP contribution in [-0.4, -0.2) is 41.5 Å². The number of nitrogens with one attached hydrogen (secondary N) is 1. The highest BCUT2D eigenvalue weighted by Crippen LogP contribution is 2.19. The van der Waals surface area contributed by atoms with Crippen molar-refractivity contribution in [3.05, 3.63) is 46.5 Å². The molecule has 1 N–H and O–H groups in total. The zero-order valence-electron chi connectivity index (χ0n) is 12.5. The van der Waals surface area contributed by atoms with Gasteiger partial charge in [0.1, 0.15) is 0 Å². The Hall–Kier alpha value is -1.92. The van der Waals surface area contributed by atoms with Crippen LogP contribution in [0.3, 0.4) is 0 Å². The van der Waals surface area contributed by atoms with E-state index in [1.54, 1.807) is 0 Å². The van der Waals surface area contributed by atoms with Crippen molar-refractivity contribution in [3.63, 3.8) is 0 Å². The molecule has 0 saturated carbocycles. The Labute approximate surface area is 134 Å². The van der Waals surface area contributed by atoms with E-state index in [0.717, 1.165) is 28.9 Å². The Kier molecular flexibility index (Phi) is 4.70. The van der Waals surface area contributed by atoms with Crippen LogP contribution >= 0.6 is 11.5 Å². The summed E-state index contributed by atoms with van der Waals surface area (Å²) in [5.74, 6) is 0.0833. The number of carbonyl (C=O) groups is 1. The zero-order chi connectivity index (χ0) is 15.4. The van der Waals surface area contributed by atoms with Gasteiger partial charge in [0.25, 0.3) is 5.91 Å². The first-order valence-electron chi connectivity index (χ1n) is 7.34. The number of ether oxygens (including phenoxy) is 1. The summed E-state index contributed by atoms with van der Waals surface area (Å²) >= 11 is 1.45. The number of benzene rings is 1. The predicted octanol–water partition coefficient (Wildman–Crippen LogP) is 2.54. The van der Waals surface area contributed by atoms with E-state index >= 15 is 0 Å². The number of hydrogen-bond acceptors (Lipinski definition) is 5. The maximum Gasteiger partial charge on any atom is 0.254 e. The number of aromatic nitrogens is 1. The van der Waals surface area contributed by atoms with Gasteiger partial charge in [-0.15, -0.1) is 0 Å². The van der Waals surface area contributed by atoms with Crippen LogP contribution in [0.25, 0.3) is 0 Å². The van der Waals surface area contributed by atoms with Gasteiger partial charge in [0.2, 0.25) is 0 Å². The van der Waals surface area contributed by atoms with Gasteiger partial charge >= 0.3 is 0 Å². The van der Waals surface area contributed by atoms with Crippen molar-refractivity contribution >= 4 is 23.1 Å². The van der Waals surface area contributed by atoms with Crippen LogP contribution in [0.4, 0.5) is 5.69 Å². The molecule has 2 aromatic rings. The van der Waals surface area contributed by atoms with Crippen molar-refractivity contribution < 1.29 is 9.53 Å². The number of anilines is 1. The Bertz CT molecular complexity index is 637. The molecule has 1 aromatic carbocycles. The summed E-state index contributed by atoms with van der Waals surface area (Å²) in [6.45, 7) is 5.35. The van der Waals surface area contributed by atoms with Gasteiger partial charge in [-0.25, -0.2) is 4.37 Å². The number of morpholine rings is 1. The largest absolute Gasteiger partial charge is 0.381 e. The highest BCUT2D eigenvalue weighted by atomic mass is 32.1. The Morgan fingerprint density at radius 2 is 2.23 bits per heavy atom. The molecule has 5 nitrogen and oxygen atoms in total. The average Bonchev–Trinajstić information content (AvgIpc) is 3.07. The van der Waals surface area contributed by atoms with E-state index in [9.17, 15) is 4.79 Å². The molecule has 0 atom stereocenters. The molecule has 6 heteroatoms. The van der Waals surface area contributed by atoms with Crippen molar-refractivity contribution in [1.82, 2.24) is 9.27 Å². The summed E-state index contributed by atoms with van der Waals surface area (Å²) in [5, 5.41) is 5.41. The highest BCUT2D eigenvalue weighted by molar-refractivity contribution is 7.03. The summed E-state index contributed by atoms with van der Waals surface area (Å²) in [4.78, 5) is 14.3. The van der Waals surface area contributed by atoms with Gasteiger partial charge in [-0.2, -0.15) is 0 Å². The quantitative estimate of drug-likeness (QED) is 0.941. The molecule has 116 valence electrons. The van der Waals surface area contributed by atoms with E-state index in [1.807, 2.05) is 41.6 Å². The van der Waals surface area contributed by atoms with Gasteiger partial charge in [-0.3, -0.25) is 4.79 Å². The first kappa shape index (κ1) is 15.0. The smallest absolute Gasteiger partial charge is 0.254 e. The minimum atomic E-state index is 0.0833. The van der Waals surface area contributed by atoms with Gasteiger partial charge in [-0.05, 0) is 42.2 Å². The molecule has 0 unspecified atom stereocenters. The molecule has 0 radical (unpaired) electrons. The average molecular weight is 317 g/mol. The normalized spacial score (nSPS) is 14.9. The lowest BCUT2D eigenvalue weighted by Gasteiger charge is -2.27. The Morgan fingerprint density at radius 3 is 2.91 bits per heavy atom. The second-order valence-corrected chi connectivity index (χ2v) is 5.98. The Balaban J connectivity index is 1.67. The molecule has 1 fully saturated rings. The molecular weight excluding hydrogens is 298 g/mol. The molecule has 1 saturated heterocycles. The third kappa shape index (κ3) is 3.45. The molecule has 1 aliphatic rings. The van der Waals surface area contributed by atoms with E-state index in [2.05, 4.69) is 9.69 Å². The molecule has 2 heterocycles. The summed E-state index contributed by atoms with van der Waals surface area (Å²) in [6, 6.07) is 5.81. The van der Waals surface area contributed by atoms with Crippen molar-refractivity contribution in [3.8, 4) is 0 Å². The summed E-state index contributed by atoms with van der Waals surface area (Å²) in [6.07, 6.45) is 1.86. The minimum Gasteiger partial charge on any atom is -0.381 e. The number of amides is 1. The van der Waals surface area contributed by atoms with Gasteiger partial charge in [-0.1, -0.05) is 0 Å². The summed E-state index contributed by atoms with van der Waals surface area (Å²) in [5.41, 5.74) is 4.02. The molecule has 1 aliphatic heterocycles. The third-order valence-electron chi connectivity index (χ3n) is 3.74. The fourth-order valence-corrected chi connectivity index (χ4v) is 2.99. The van der Waals surface area contributed by atoms with E-state index in [0.29, 0.717) is 26.3 Å². The van der Waals surface area contributed by atoms with Crippen LogP contribution in [0.5, 0.6) is 0 Å². The van der Waals surface area contributed by atoms with Crippen molar-refractivity contribution in [2.24, 2.45) is 0 Å². The number of aryl methyl sites for hydroxylation is 1. The topological polar surface area (TPSA) is 54.5 Å². The van der Waals surface area contributed by atoms with Crippen LogP contribution in [0.15, 0.2) is 29.8 Å². The molecule has 0 bridgehead atoms. The Morgan fingerprint density at radius 1 is 1.41 bits per heavy atom.